The molecule has 14 heavy (non-hydrogen) atoms. The van der Waals surface area contributed by atoms with Crippen molar-refractivity contribution in [2.45, 2.75) is 19.9 Å². The van der Waals surface area contributed by atoms with Gasteiger partial charge in [-0.25, -0.2) is 4.79 Å². The molecule has 0 aliphatic carbocycles. The van der Waals surface area contributed by atoms with Gasteiger partial charge in [-0.05, 0) is 13.8 Å². The quantitative estimate of drug-likeness (QED) is 0.725. The molecule has 1 atom stereocenters. The Kier molecular flexibility index (Phi) is 3.11. The van der Waals surface area contributed by atoms with Crippen molar-refractivity contribution < 1.29 is 9.53 Å². The summed E-state index contributed by atoms with van der Waals surface area (Å²) in [6.45, 7) is 3.68. The molecule has 1 rings (SSSR count). The van der Waals surface area contributed by atoms with Crippen LogP contribution in [-0.2, 0) is 16.6 Å². The predicted octanol–water partition coefficient (Wildman–Crippen LogP) is 0.702. The zero-order valence-electron chi connectivity index (χ0n) is 8.87. The molecule has 0 saturated carbocycles. The maximum atomic E-state index is 11.1. The number of ether oxygens (including phenoxy) is 1. The normalized spacial score (nSPS) is 12.3. The van der Waals surface area contributed by atoms with Crippen LogP contribution in [-0.4, -0.2) is 28.9 Å². The highest BCUT2D eigenvalue weighted by atomic mass is 16.5. The summed E-state index contributed by atoms with van der Waals surface area (Å²) in [4.78, 5) is 11.1. The molecule has 0 aliphatic rings. The van der Waals surface area contributed by atoms with Crippen molar-refractivity contribution in [3.05, 3.63) is 11.9 Å². The van der Waals surface area contributed by atoms with Crippen LogP contribution in [0.25, 0.3) is 0 Å². The first-order valence-electron chi connectivity index (χ1n) is 4.39. The number of nitrogens with zero attached hydrogens (tertiary/aromatic N) is 2. The summed E-state index contributed by atoms with van der Waals surface area (Å²) in [6.07, 6.45) is 1.69. The van der Waals surface area contributed by atoms with Crippen molar-refractivity contribution in [2.24, 2.45) is 7.05 Å². The number of aromatic nitrogens is 2. The lowest BCUT2D eigenvalue weighted by Gasteiger charge is -2.11. The standard InChI is InChI=1S/C9H15N3O2/c1-6(9(13)14-4)11-8-5-10-12(3)7(8)2/h5-6,11H,1-4H3. The van der Waals surface area contributed by atoms with Crippen molar-refractivity contribution in [3.8, 4) is 0 Å². The monoisotopic (exact) mass is 197 g/mol. The Morgan fingerprint density at radius 2 is 2.36 bits per heavy atom. The van der Waals surface area contributed by atoms with Gasteiger partial charge in [0, 0.05) is 7.05 Å². The number of carbonyl (C=O) groups excluding carboxylic acids is 1. The summed E-state index contributed by atoms with van der Waals surface area (Å²) in [5.41, 5.74) is 1.84. The Hall–Kier alpha value is -1.52. The molecule has 1 aromatic heterocycles. The lowest BCUT2D eigenvalue weighted by Crippen LogP contribution is -2.27. The molecule has 0 aliphatic heterocycles. The summed E-state index contributed by atoms with van der Waals surface area (Å²) >= 11 is 0. The number of hydrogen-bond donors (Lipinski definition) is 1. The van der Waals surface area contributed by atoms with Crippen LogP contribution in [0.1, 0.15) is 12.6 Å². The molecule has 78 valence electrons. The van der Waals surface area contributed by atoms with Gasteiger partial charge >= 0.3 is 5.97 Å². The number of nitrogens with one attached hydrogen (secondary N) is 1. The Balaban J connectivity index is 2.69. The molecular weight excluding hydrogens is 182 g/mol. The lowest BCUT2D eigenvalue weighted by molar-refractivity contribution is -0.141. The van der Waals surface area contributed by atoms with E-state index in [1.807, 2.05) is 14.0 Å². The minimum absolute atomic E-state index is 0.284. The van der Waals surface area contributed by atoms with Gasteiger partial charge in [-0.2, -0.15) is 5.10 Å². The van der Waals surface area contributed by atoms with Crippen LogP contribution in [0.5, 0.6) is 0 Å². The average molecular weight is 197 g/mol. The van der Waals surface area contributed by atoms with E-state index in [-0.39, 0.29) is 12.0 Å². The minimum Gasteiger partial charge on any atom is -0.467 e. The summed E-state index contributed by atoms with van der Waals surface area (Å²) in [6, 6.07) is -0.358. The van der Waals surface area contributed by atoms with Gasteiger partial charge in [0.1, 0.15) is 6.04 Å². The van der Waals surface area contributed by atoms with Crippen LogP contribution in [0, 0.1) is 6.92 Å². The number of carbonyl (C=O) groups is 1. The number of anilines is 1. The SMILES string of the molecule is COC(=O)C(C)Nc1cnn(C)c1C. The average Bonchev–Trinajstić information content (AvgIpc) is 2.48. The van der Waals surface area contributed by atoms with Gasteiger partial charge < -0.3 is 10.1 Å². The second-order valence-electron chi connectivity index (χ2n) is 3.16. The van der Waals surface area contributed by atoms with E-state index in [0.717, 1.165) is 11.4 Å². The van der Waals surface area contributed by atoms with Crippen LogP contribution in [0.2, 0.25) is 0 Å². The Labute approximate surface area is 83.1 Å². The first-order chi connectivity index (χ1) is 6.56. The van der Waals surface area contributed by atoms with Crippen LogP contribution in [0.4, 0.5) is 5.69 Å². The highest BCUT2D eigenvalue weighted by Gasteiger charge is 2.14. The van der Waals surface area contributed by atoms with E-state index in [4.69, 9.17) is 0 Å². The minimum atomic E-state index is -0.358. The van der Waals surface area contributed by atoms with Gasteiger partial charge in [0.05, 0.1) is 24.7 Å². The maximum Gasteiger partial charge on any atom is 0.327 e. The van der Waals surface area contributed by atoms with Crippen molar-refractivity contribution >= 4 is 11.7 Å². The predicted molar refractivity (Wildman–Crippen MR) is 53.0 cm³/mol. The summed E-state index contributed by atoms with van der Waals surface area (Å²) in [5, 5.41) is 7.08. The molecule has 5 nitrogen and oxygen atoms in total. The molecule has 0 spiro atoms. The Morgan fingerprint density at radius 3 is 2.79 bits per heavy atom. The molecule has 0 bridgehead atoms. The Morgan fingerprint density at radius 1 is 1.71 bits per heavy atom. The third kappa shape index (κ3) is 2.04. The van der Waals surface area contributed by atoms with E-state index in [2.05, 4.69) is 15.2 Å². The van der Waals surface area contributed by atoms with Crippen molar-refractivity contribution in [2.75, 3.05) is 12.4 Å². The molecular formula is C9H15N3O2. The summed E-state index contributed by atoms with van der Waals surface area (Å²) < 4.78 is 6.34. The maximum absolute atomic E-state index is 11.1. The number of aryl methyl sites for hydroxylation is 1. The third-order valence-electron chi connectivity index (χ3n) is 2.16. The first-order valence-corrected chi connectivity index (χ1v) is 4.39. The number of esters is 1. The zero-order valence-corrected chi connectivity index (χ0v) is 8.87. The number of hydrogen-bond acceptors (Lipinski definition) is 4. The first kappa shape index (κ1) is 10.6. The van der Waals surface area contributed by atoms with E-state index in [9.17, 15) is 4.79 Å². The summed E-state index contributed by atoms with van der Waals surface area (Å²) in [5.74, 6) is -0.284. The number of methoxy groups -OCH3 is 1. The van der Waals surface area contributed by atoms with E-state index in [1.165, 1.54) is 7.11 Å². The molecule has 0 amide bonds. The van der Waals surface area contributed by atoms with Crippen LogP contribution in [0.3, 0.4) is 0 Å². The van der Waals surface area contributed by atoms with Gasteiger partial charge in [-0.15, -0.1) is 0 Å². The lowest BCUT2D eigenvalue weighted by atomic mass is 10.3. The van der Waals surface area contributed by atoms with E-state index in [0.29, 0.717) is 0 Å². The van der Waals surface area contributed by atoms with Crippen LogP contribution < -0.4 is 5.32 Å². The van der Waals surface area contributed by atoms with Crippen molar-refractivity contribution in [1.82, 2.24) is 9.78 Å². The number of rotatable bonds is 3. The molecule has 1 unspecified atom stereocenters. The fourth-order valence-corrected chi connectivity index (χ4v) is 1.11. The third-order valence-corrected chi connectivity index (χ3v) is 2.16. The van der Waals surface area contributed by atoms with E-state index >= 15 is 0 Å². The zero-order chi connectivity index (χ0) is 10.7. The fourth-order valence-electron chi connectivity index (χ4n) is 1.11. The van der Waals surface area contributed by atoms with Gasteiger partial charge in [-0.3, -0.25) is 4.68 Å². The second kappa shape index (κ2) is 4.13. The highest BCUT2D eigenvalue weighted by Crippen LogP contribution is 2.13. The molecule has 0 aromatic carbocycles. The molecule has 1 aromatic rings. The molecule has 0 fully saturated rings. The molecule has 1 N–H and O–H groups in total. The van der Waals surface area contributed by atoms with Crippen LogP contribution >= 0.6 is 0 Å². The van der Waals surface area contributed by atoms with Crippen molar-refractivity contribution in [1.29, 1.82) is 0 Å². The van der Waals surface area contributed by atoms with Gasteiger partial charge in [0.25, 0.3) is 0 Å². The molecule has 5 heteroatoms. The molecule has 0 saturated heterocycles. The van der Waals surface area contributed by atoms with E-state index in [1.54, 1.807) is 17.8 Å². The highest BCUT2D eigenvalue weighted by molar-refractivity contribution is 5.78. The van der Waals surface area contributed by atoms with Gasteiger partial charge in [0.15, 0.2) is 0 Å². The smallest absolute Gasteiger partial charge is 0.327 e. The topological polar surface area (TPSA) is 56.1 Å². The van der Waals surface area contributed by atoms with Gasteiger partial charge in [0.2, 0.25) is 0 Å². The van der Waals surface area contributed by atoms with E-state index < -0.39 is 0 Å². The van der Waals surface area contributed by atoms with Gasteiger partial charge in [-0.1, -0.05) is 0 Å². The largest absolute Gasteiger partial charge is 0.467 e. The van der Waals surface area contributed by atoms with Crippen molar-refractivity contribution in [3.63, 3.8) is 0 Å². The summed E-state index contributed by atoms with van der Waals surface area (Å²) in [7, 11) is 3.22. The van der Waals surface area contributed by atoms with Crippen LogP contribution in [0.15, 0.2) is 6.20 Å². The Bertz CT molecular complexity index is 333. The molecule has 0 radical (unpaired) electrons. The second-order valence-corrected chi connectivity index (χ2v) is 3.16. The fraction of sp³-hybridized carbons (Fsp3) is 0.556. The molecule has 1 heterocycles.